The summed E-state index contributed by atoms with van der Waals surface area (Å²) in [6.45, 7) is 12.7. The number of benzene rings is 1. The first kappa shape index (κ1) is 17.8. The molecule has 1 fully saturated rings. The number of hydrogen-bond acceptors (Lipinski definition) is 1. The van der Waals surface area contributed by atoms with Crippen molar-refractivity contribution in [2.24, 2.45) is 0 Å². The summed E-state index contributed by atoms with van der Waals surface area (Å²) >= 11 is 0. The molecule has 3 heterocycles. The van der Waals surface area contributed by atoms with Crippen molar-refractivity contribution in [3.05, 3.63) is 41.6 Å². The van der Waals surface area contributed by atoms with Gasteiger partial charge in [-0.1, -0.05) is 39.8 Å². The van der Waals surface area contributed by atoms with E-state index in [0.717, 1.165) is 0 Å². The molecule has 2 aromatic rings. The molecule has 1 N–H and O–H groups in total. The van der Waals surface area contributed by atoms with E-state index in [2.05, 4.69) is 47.3 Å². The Morgan fingerprint density at radius 1 is 1.09 bits per heavy atom. The van der Waals surface area contributed by atoms with Crippen LogP contribution in [0.3, 0.4) is 0 Å². The van der Waals surface area contributed by atoms with Crippen LogP contribution in [0, 0.1) is 6.92 Å². The van der Waals surface area contributed by atoms with Gasteiger partial charge >= 0.3 is 0 Å². The molecule has 2 aliphatic rings. The fourth-order valence-corrected chi connectivity index (χ4v) is 3.60. The van der Waals surface area contributed by atoms with Crippen molar-refractivity contribution in [2.45, 2.75) is 59.9 Å². The van der Waals surface area contributed by atoms with Gasteiger partial charge in [0.2, 0.25) is 0 Å². The molecule has 2 nitrogen and oxygen atoms in total. The number of rotatable bonds is 1. The number of aryl methyl sites for hydroxylation is 1. The Morgan fingerprint density at radius 2 is 1.87 bits per heavy atom. The van der Waals surface area contributed by atoms with Gasteiger partial charge in [-0.05, 0) is 61.6 Å². The fourth-order valence-electron chi connectivity index (χ4n) is 3.60. The zero-order valence-corrected chi connectivity index (χ0v) is 15.4. The van der Waals surface area contributed by atoms with E-state index in [0.29, 0.717) is 6.04 Å². The van der Waals surface area contributed by atoms with E-state index >= 15 is 0 Å². The summed E-state index contributed by atoms with van der Waals surface area (Å²) in [6, 6.07) is 7.55. The minimum atomic E-state index is 0.701. The topological polar surface area (TPSA) is 19.0 Å². The van der Waals surface area contributed by atoms with E-state index in [1.807, 2.05) is 27.7 Å². The number of hydrogen-bond donors (Lipinski definition) is 1. The summed E-state index contributed by atoms with van der Waals surface area (Å²) in [4.78, 5) is 5.96. The summed E-state index contributed by atoms with van der Waals surface area (Å²) in [5.74, 6) is 0. The second-order valence-electron chi connectivity index (χ2n) is 5.92. The predicted molar refractivity (Wildman–Crippen MR) is 103 cm³/mol. The molecule has 0 saturated carbocycles. The number of aromatic amines is 1. The highest BCUT2D eigenvalue weighted by molar-refractivity contribution is 5.87. The van der Waals surface area contributed by atoms with Crippen molar-refractivity contribution in [1.82, 2.24) is 9.88 Å². The van der Waals surface area contributed by atoms with Crippen molar-refractivity contribution < 1.29 is 0 Å². The molecule has 2 aliphatic heterocycles. The number of nitrogens with zero attached hydrogens (tertiary/aromatic N) is 1. The highest BCUT2D eigenvalue weighted by atomic mass is 15.2. The van der Waals surface area contributed by atoms with Gasteiger partial charge in [-0.15, -0.1) is 0 Å². The van der Waals surface area contributed by atoms with Crippen molar-refractivity contribution >= 4 is 16.5 Å². The van der Waals surface area contributed by atoms with Crippen LogP contribution >= 0.6 is 0 Å². The Balaban J connectivity index is 0.000000448. The first-order chi connectivity index (χ1) is 11.3. The second-order valence-corrected chi connectivity index (χ2v) is 5.92. The summed E-state index contributed by atoms with van der Waals surface area (Å²) in [6.07, 6.45) is 8.52. The fraction of sp³-hybridized carbons (Fsp3) is 0.524. The third kappa shape index (κ3) is 3.69. The third-order valence-electron chi connectivity index (χ3n) is 4.74. The van der Waals surface area contributed by atoms with Crippen molar-refractivity contribution in [2.75, 3.05) is 13.1 Å². The van der Waals surface area contributed by atoms with Gasteiger partial charge in [-0.3, -0.25) is 4.90 Å². The van der Waals surface area contributed by atoms with Crippen LogP contribution in [-0.4, -0.2) is 29.0 Å². The number of nitrogens with one attached hydrogen (secondary N) is 1. The summed E-state index contributed by atoms with van der Waals surface area (Å²) in [7, 11) is 0. The predicted octanol–water partition coefficient (Wildman–Crippen LogP) is 5.78. The molecule has 0 amide bonds. The minimum absolute atomic E-state index is 0.701. The molecule has 0 bridgehead atoms. The van der Waals surface area contributed by atoms with Crippen LogP contribution in [0.1, 0.15) is 58.1 Å². The number of aromatic nitrogens is 1. The quantitative estimate of drug-likeness (QED) is 0.707. The van der Waals surface area contributed by atoms with E-state index in [1.54, 1.807) is 5.57 Å². The van der Waals surface area contributed by atoms with Gasteiger partial charge in [-0.2, -0.15) is 0 Å². The highest BCUT2D eigenvalue weighted by Crippen LogP contribution is 2.32. The molecule has 23 heavy (non-hydrogen) atoms. The van der Waals surface area contributed by atoms with Gasteiger partial charge in [0, 0.05) is 29.7 Å². The molecule has 4 rings (SSSR count). The molecule has 0 aliphatic carbocycles. The van der Waals surface area contributed by atoms with E-state index in [1.165, 1.54) is 54.4 Å². The minimum Gasteiger partial charge on any atom is -0.361 e. The lowest BCUT2D eigenvalue weighted by atomic mass is 9.95. The Morgan fingerprint density at radius 3 is 2.65 bits per heavy atom. The molecule has 2 heteroatoms. The van der Waals surface area contributed by atoms with Gasteiger partial charge in [-0.25, -0.2) is 0 Å². The molecule has 1 aromatic carbocycles. The van der Waals surface area contributed by atoms with Gasteiger partial charge in [0.1, 0.15) is 0 Å². The lowest BCUT2D eigenvalue weighted by Gasteiger charge is -2.28. The summed E-state index contributed by atoms with van der Waals surface area (Å²) < 4.78 is 0. The Kier molecular flexibility index (Phi) is 6.47. The molecule has 0 spiro atoms. The van der Waals surface area contributed by atoms with Gasteiger partial charge in [0.05, 0.1) is 0 Å². The van der Waals surface area contributed by atoms with Crippen LogP contribution in [0.25, 0.3) is 16.5 Å². The molecular weight excluding hydrogens is 280 g/mol. The van der Waals surface area contributed by atoms with Crippen LogP contribution in [0.2, 0.25) is 0 Å². The standard InChI is InChI=1S/C17H20N2.2C2H6/c1-12-11-18-17-5-4-13(10-16(12)17)14-6-8-19-7-2-3-15(19)9-14;2*1-2/h4-5,9-11,15,18H,2-3,6-8H2,1H3;2*1-2H3. The zero-order valence-electron chi connectivity index (χ0n) is 15.4. The zero-order chi connectivity index (χ0) is 16.8. The average Bonchev–Trinajstić information content (AvgIpc) is 3.24. The third-order valence-corrected chi connectivity index (χ3v) is 4.74. The number of fused-ring (bicyclic) bond motifs is 2. The summed E-state index contributed by atoms with van der Waals surface area (Å²) in [5.41, 5.74) is 5.56. The van der Waals surface area contributed by atoms with Gasteiger partial charge in [0.15, 0.2) is 0 Å². The Hall–Kier alpha value is -1.54. The highest BCUT2D eigenvalue weighted by Gasteiger charge is 2.26. The maximum Gasteiger partial charge on any atom is 0.0457 e. The van der Waals surface area contributed by atoms with E-state index < -0.39 is 0 Å². The molecule has 0 radical (unpaired) electrons. The van der Waals surface area contributed by atoms with E-state index in [4.69, 9.17) is 0 Å². The average molecular weight is 313 g/mol. The molecule has 1 unspecified atom stereocenters. The first-order valence-electron chi connectivity index (χ1n) is 9.34. The van der Waals surface area contributed by atoms with Crippen LogP contribution in [0.15, 0.2) is 30.5 Å². The molecule has 1 aromatic heterocycles. The molecule has 1 saturated heterocycles. The molecule has 1 atom stereocenters. The van der Waals surface area contributed by atoms with Crippen molar-refractivity contribution in [3.8, 4) is 0 Å². The van der Waals surface area contributed by atoms with Crippen LogP contribution in [-0.2, 0) is 0 Å². The Bertz CT molecular complexity index is 651. The molecule has 126 valence electrons. The smallest absolute Gasteiger partial charge is 0.0457 e. The molecular formula is C21H32N2. The van der Waals surface area contributed by atoms with E-state index in [9.17, 15) is 0 Å². The van der Waals surface area contributed by atoms with Crippen LogP contribution in [0.5, 0.6) is 0 Å². The SMILES string of the molecule is CC.CC.Cc1c[nH]c2ccc(C3=CC4CCCN4CC3)cc12. The maximum atomic E-state index is 3.33. The second kappa shape index (κ2) is 8.35. The lowest BCUT2D eigenvalue weighted by molar-refractivity contribution is 0.288. The van der Waals surface area contributed by atoms with Gasteiger partial charge in [0.25, 0.3) is 0 Å². The summed E-state index contributed by atoms with van der Waals surface area (Å²) in [5, 5.41) is 1.37. The van der Waals surface area contributed by atoms with Crippen LogP contribution in [0.4, 0.5) is 0 Å². The maximum absolute atomic E-state index is 3.33. The first-order valence-corrected chi connectivity index (χ1v) is 9.34. The normalized spacial score (nSPS) is 20.0. The van der Waals surface area contributed by atoms with Gasteiger partial charge < -0.3 is 4.98 Å². The monoisotopic (exact) mass is 312 g/mol. The van der Waals surface area contributed by atoms with Crippen LogP contribution < -0.4 is 0 Å². The number of H-pyrrole nitrogens is 1. The van der Waals surface area contributed by atoms with Crippen molar-refractivity contribution in [1.29, 1.82) is 0 Å². The van der Waals surface area contributed by atoms with Crippen molar-refractivity contribution in [3.63, 3.8) is 0 Å². The Labute approximate surface area is 141 Å². The van der Waals surface area contributed by atoms with E-state index in [-0.39, 0.29) is 0 Å². The lowest BCUT2D eigenvalue weighted by Crippen LogP contribution is -2.32. The largest absolute Gasteiger partial charge is 0.361 e.